The number of anilines is 2. The molecule has 0 fully saturated rings. The van der Waals surface area contributed by atoms with Gasteiger partial charge in [0, 0.05) is 17.3 Å². The summed E-state index contributed by atoms with van der Waals surface area (Å²) < 4.78 is 40.8. The molecule has 32 heavy (non-hydrogen) atoms. The number of methoxy groups -OCH3 is 1. The molecule has 2 aromatic heterocycles. The minimum absolute atomic E-state index is 0.0120. The molecule has 0 aliphatic heterocycles. The van der Waals surface area contributed by atoms with Crippen LogP contribution >= 0.6 is 0 Å². The molecule has 166 valence electrons. The summed E-state index contributed by atoms with van der Waals surface area (Å²) in [6, 6.07) is 6.87. The van der Waals surface area contributed by atoms with Crippen LogP contribution in [-0.4, -0.2) is 38.6 Å². The fourth-order valence-corrected chi connectivity index (χ4v) is 3.19. The summed E-state index contributed by atoms with van der Waals surface area (Å²) in [6.45, 7) is 1.63. The zero-order valence-corrected chi connectivity index (χ0v) is 17.5. The Morgan fingerprint density at radius 2 is 1.91 bits per heavy atom. The van der Waals surface area contributed by atoms with Crippen LogP contribution in [0.25, 0.3) is 10.9 Å². The molecule has 0 amide bonds. The van der Waals surface area contributed by atoms with Crippen molar-refractivity contribution in [2.24, 2.45) is 0 Å². The first-order chi connectivity index (χ1) is 15.5. The van der Waals surface area contributed by atoms with Gasteiger partial charge in [-0.15, -0.1) is 0 Å². The van der Waals surface area contributed by atoms with Gasteiger partial charge in [0.1, 0.15) is 12.4 Å². The summed E-state index contributed by atoms with van der Waals surface area (Å²) >= 11 is 0. The van der Waals surface area contributed by atoms with Crippen molar-refractivity contribution in [3.05, 3.63) is 65.6 Å². The molecule has 0 aliphatic carbocycles. The number of hydrogen-bond acceptors (Lipinski definition) is 7. The van der Waals surface area contributed by atoms with Crippen molar-refractivity contribution in [2.45, 2.75) is 20.1 Å². The zero-order chi connectivity index (χ0) is 22.7. The van der Waals surface area contributed by atoms with E-state index >= 15 is 0 Å². The van der Waals surface area contributed by atoms with Crippen molar-refractivity contribution < 1.29 is 23.4 Å². The first kappa shape index (κ1) is 21.4. The Balaban J connectivity index is 1.44. The van der Waals surface area contributed by atoms with Crippen LogP contribution < -0.4 is 14.8 Å². The number of rotatable bonds is 8. The van der Waals surface area contributed by atoms with E-state index in [2.05, 4.69) is 20.4 Å². The van der Waals surface area contributed by atoms with Gasteiger partial charge in [0.05, 0.1) is 43.7 Å². The first-order valence-electron chi connectivity index (χ1n) is 9.80. The van der Waals surface area contributed by atoms with Gasteiger partial charge < -0.3 is 19.9 Å². The Labute approximate surface area is 182 Å². The van der Waals surface area contributed by atoms with Crippen molar-refractivity contribution in [1.29, 1.82) is 0 Å². The van der Waals surface area contributed by atoms with Gasteiger partial charge in [-0.05, 0) is 36.8 Å². The number of hydrogen-bond donors (Lipinski definition) is 2. The van der Waals surface area contributed by atoms with Crippen molar-refractivity contribution >= 4 is 22.5 Å². The SMILES string of the molecule is COc1cc(C)c(F)c(COc2cnc(Nc3ccc4nn(CCO)cc4c3)nc2)c1F. The highest BCUT2D eigenvalue weighted by atomic mass is 19.1. The van der Waals surface area contributed by atoms with Gasteiger partial charge in [0.2, 0.25) is 5.95 Å². The van der Waals surface area contributed by atoms with Crippen LogP contribution in [0.1, 0.15) is 11.1 Å². The molecule has 0 radical (unpaired) electrons. The van der Waals surface area contributed by atoms with Crippen LogP contribution in [0.3, 0.4) is 0 Å². The molecule has 0 aliphatic rings. The fourth-order valence-electron chi connectivity index (χ4n) is 3.19. The number of aliphatic hydroxyl groups excluding tert-OH is 1. The molecule has 0 unspecified atom stereocenters. The van der Waals surface area contributed by atoms with Crippen LogP contribution in [0.15, 0.2) is 42.9 Å². The summed E-state index contributed by atoms with van der Waals surface area (Å²) in [4.78, 5) is 8.37. The minimum Gasteiger partial charge on any atom is -0.494 e. The van der Waals surface area contributed by atoms with Crippen LogP contribution in [-0.2, 0) is 13.2 Å². The predicted molar refractivity (Wildman–Crippen MR) is 114 cm³/mol. The molecule has 10 heteroatoms. The van der Waals surface area contributed by atoms with Gasteiger partial charge in [-0.1, -0.05) is 0 Å². The van der Waals surface area contributed by atoms with Gasteiger partial charge in [0.15, 0.2) is 17.3 Å². The highest BCUT2D eigenvalue weighted by Crippen LogP contribution is 2.27. The lowest BCUT2D eigenvalue weighted by Gasteiger charge is -2.12. The molecule has 2 heterocycles. The second kappa shape index (κ2) is 9.15. The fraction of sp³-hybridized carbons (Fsp3) is 0.227. The Morgan fingerprint density at radius 1 is 1.12 bits per heavy atom. The Hall–Kier alpha value is -3.79. The number of aromatic nitrogens is 4. The number of ether oxygens (including phenoxy) is 2. The van der Waals surface area contributed by atoms with Gasteiger partial charge in [0.25, 0.3) is 0 Å². The molecule has 2 N–H and O–H groups in total. The maximum Gasteiger partial charge on any atom is 0.227 e. The summed E-state index contributed by atoms with van der Waals surface area (Å²) in [6.07, 6.45) is 4.67. The standard InChI is InChI=1S/C22H21F2N5O3/c1-13-7-19(31-2)21(24)17(20(13)23)12-32-16-9-25-22(26-10-16)27-15-3-4-18-14(8-15)11-29(28-18)5-6-30/h3-4,7-11,30H,5-6,12H2,1-2H3,(H,25,26,27). The summed E-state index contributed by atoms with van der Waals surface area (Å²) in [5.41, 5.74) is 1.60. The molecule has 0 spiro atoms. The summed E-state index contributed by atoms with van der Waals surface area (Å²) in [5, 5.41) is 17.4. The van der Waals surface area contributed by atoms with Crippen LogP contribution in [0, 0.1) is 18.6 Å². The first-order valence-corrected chi connectivity index (χ1v) is 9.80. The van der Waals surface area contributed by atoms with Crippen molar-refractivity contribution in [1.82, 2.24) is 19.7 Å². The van der Waals surface area contributed by atoms with E-state index in [0.717, 1.165) is 16.6 Å². The van der Waals surface area contributed by atoms with Gasteiger partial charge in [-0.25, -0.2) is 18.7 Å². The maximum atomic E-state index is 14.4. The lowest BCUT2D eigenvalue weighted by molar-refractivity contribution is 0.270. The lowest BCUT2D eigenvalue weighted by Crippen LogP contribution is -2.06. The number of fused-ring (bicyclic) bond motifs is 1. The quantitative estimate of drug-likeness (QED) is 0.430. The van der Waals surface area contributed by atoms with E-state index in [1.165, 1.54) is 32.5 Å². The molecular weight excluding hydrogens is 420 g/mol. The Morgan fingerprint density at radius 3 is 2.62 bits per heavy atom. The van der Waals surface area contributed by atoms with Crippen molar-refractivity contribution in [3.63, 3.8) is 0 Å². The third-order valence-electron chi connectivity index (χ3n) is 4.81. The summed E-state index contributed by atoms with van der Waals surface area (Å²) in [7, 11) is 1.32. The molecule has 2 aromatic carbocycles. The molecular formula is C22H21F2N5O3. The van der Waals surface area contributed by atoms with Crippen molar-refractivity contribution in [3.8, 4) is 11.5 Å². The largest absolute Gasteiger partial charge is 0.494 e. The van der Waals surface area contributed by atoms with Crippen LogP contribution in [0.4, 0.5) is 20.4 Å². The average molecular weight is 441 g/mol. The van der Waals surface area contributed by atoms with E-state index in [1.54, 1.807) is 4.68 Å². The highest BCUT2D eigenvalue weighted by molar-refractivity contribution is 5.82. The predicted octanol–water partition coefficient (Wildman–Crippen LogP) is 3.74. The number of halogens is 2. The number of benzene rings is 2. The third-order valence-corrected chi connectivity index (χ3v) is 4.81. The van der Waals surface area contributed by atoms with E-state index in [1.807, 2.05) is 24.4 Å². The number of nitrogens with zero attached hydrogens (tertiary/aromatic N) is 4. The minimum atomic E-state index is -0.799. The normalized spacial score (nSPS) is 11.0. The number of aryl methyl sites for hydroxylation is 1. The maximum absolute atomic E-state index is 14.4. The topological polar surface area (TPSA) is 94.3 Å². The van der Waals surface area contributed by atoms with Gasteiger partial charge >= 0.3 is 0 Å². The van der Waals surface area contributed by atoms with E-state index in [-0.39, 0.29) is 35.8 Å². The second-order valence-electron chi connectivity index (χ2n) is 7.05. The average Bonchev–Trinajstić information content (AvgIpc) is 3.19. The third kappa shape index (κ3) is 4.45. The zero-order valence-electron chi connectivity index (χ0n) is 17.5. The van der Waals surface area contributed by atoms with Gasteiger partial charge in [-0.3, -0.25) is 4.68 Å². The molecule has 4 rings (SSSR count). The van der Waals surface area contributed by atoms with Crippen LogP contribution in [0.2, 0.25) is 0 Å². The highest BCUT2D eigenvalue weighted by Gasteiger charge is 2.18. The van der Waals surface area contributed by atoms with E-state index in [4.69, 9.17) is 14.6 Å². The van der Waals surface area contributed by atoms with Crippen molar-refractivity contribution in [2.75, 3.05) is 19.0 Å². The molecule has 0 atom stereocenters. The monoisotopic (exact) mass is 441 g/mol. The Kier molecular flexibility index (Phi) is 6.13. The number of aliphatic hydroxyl groups is 1. The molecule has 4 aromatic rings. The molecule has 0 bridgehead atoms. The molecule has 0 saturated heterocycles. The van der Waals surface area contributed by atoms with E-state index in [9.17, 15) is 8.78 Å². The number of nitrogens with one attached hydrogen (secondary N) is 1. The molecule has 8 nitrogen and oxygen atoms in total. The lowest BCUT2D eigenvalue weighted by atomic mass is 10.1. The molecule has 0 saturated carbocycles. The van der Waals surface area contributed by atoms with Crippen LogP contribution in [0.5, 0.6) is 11.5 Å². The summed E-state index contributed by atoms with van der Waals surface area (Å²) in [5.74, 6) is -0.936. The smallest absolute Gasteiger partial charge is 0.227 e. The van der Waals surface area contributed by atoms with E-state index in [0.29, 0.717) is 12.5 Å². The van der Waals surface area contributed by atoms with Gasteiger partial charge in [-0.2, -0.15) is 5.10 Å². The second-order valence-corrected chi connectivity index (χ2v) is 7.05. The van der Waals surface area contributed by atoms with E-state index < -0.39 is 11.6 Å². The Bertz CT molecular complexity index is 1240.